The second-order valence-corrected chi connectivity index (χ2v) is 6.54. The number of rotatable bonds is 4. The minimum atomic E-state index is 0.00829. The Morgan fingerprint density at radius 1 is 1.05 bits per heavy atom. The summed E-state index contributed by atoms with van der Waals surface area (Å²) in [5.41, 5.74) is 2.15. The SMILES string of the molecule is COc1ccc(C(Br)c2ccccc2I)c(OC)c1Cl. The molecule has 2 aromatic rings. The molecule has 1 unspecified atom stereocenters. The topological polar surface area (TPSA) is 18.5 Å². The van der Waals surface area contributed by atoms with Gasteiger partial charge in [0.1, 0.15) is 16.5 Å². The molecule has 2 aromatic carbocycles. The van der Waals surface area contributed by atoms with Crippen molar-refractivity contribution in [1.29, 1.82) is 0 Å². The van der Waals surface area contributed by atoms with E-state index in [4.69, 9.17) is 21.1 Å². The van der Waals surface area contributed by atoms with E-state index in [2.05, 4.69) is 50.7 Å². The first kappa shape index (κ1) is 15.9. The van der Waals surface area contributed by atoms with E-state index in [1.54, 1.807) is 14.2 Å². The van der Waals surface area contributed by atoms with E-state index in [-0.39, 0.29) is 4.83 Å². The Kier molecular flexibility index (Phi) is 5.57. The van der Waals surface area contributed by atoms with Crippen molar-refractivity contribution < 1.29 is 9.47 Å². The highest BCUT2D eigenvalue weighted by atomic mass is 127. The molecule has 0 aromatic heterocycles. The van der Waals surface area contributed by atoms with Crippen molar-refractivity contribution in [2.45, 2.75) is 4.83 Å². The van der Waals surface area contributed by atoms with E-state index < -0.39 is 0 Å². The maximum atomic E-state index is 6.31. The highest BCUT2D eigenvalue weighted by molar-refractivity contribution is 14.1. The number of halogens is 3. The molecule has 0 spiro atoms. The zero-order chi connectivity index (χ0) is 14.7. The maximum absolute atomic E-state index is 6.31. The lowest BCUT2D eigenvalue weighted by Gasteiger charge is -2.18. The van der Waals surface area contributed by atoms with E-state index in [0.29, 0.717) is 16.5 Å². The number of ether oxygens (including phenoxy) is 2. The van der Waals surface area contributed by atoms with Crippen LogP contribution in [0.3, 0.4) is 0 Å². The van der Waals surface area contributed by atoms with Crippen LogP contribution in [0.2, 0.25) is 5.02 Å². The van der Waals surface area contributed by atoms with E-state index in [1.165, 1.54) is 9.13 Å². The average molecular weight is 468 g/mol. The molecule has 0 aliphatic rings. The molecule has 20 heavy (non-hydrogen) atoms. The van der Waals surface area contributed by atoms with Gasteiger partial charge < -0.3 is 9.47 Å². The smallest absolute Gasteiger partial charge is 0.145 e. The summed E-state index contributed by atoms with van der Waals surface area (Å²) >= 11 is 12.4. The van der Waals surface area contributed by atoms with Gasteiger partial charge in [0.05, 0.1) is 19.0 Å². The van der Waals surface area contributed by atoms with Gasteiger partial charge >= 0.3 is 0 Å². The molecule has 0 bridgehead atoms. The molecule has 0 N–H and O–H groups in total. The molecule has 0 radical (unpaired) electrons. The molecule has 0 aliphatic carbocycles. The summed E-state index contributed by atoms with van der Waals surface area (Å²) in [7, 11) is 3.20. The summed E-state index contributed by atoms with van der Waals surface area (Å²) in [4.78, 5) is 0.00829. The summed E-state index contributed by atoms with van der Waals surface area (Å²) in [6.07, 6.45) is 0. The lowest BCUT2D eigenvalue weighted by molar-refractivity contribution is 0.392. The Bertz CT molecular complexity index is 619. The number of alkyl halides is 1. The molecule has 0 fully saturated rings. The second-order valence-electron chi connectivity index (χ2n) is 4.09. The first-order chi connectivity index (χ1) is 9.60. The van der Waals surface area contributed by atoms with Gasteiger partial charge in [-0.1, -0.05) is 51.8 Å². The molecular formula is C15H13BrClIO2. The van der Waals surface area contributed by atoms with Crippen molar-refractivity contribution in [2.75, 3.05) is 14.2 Å². The molecule has 0 amide bonds. The molecule has 2 rings (SSSR count). The van der Waals surface area contributed by atoms with Gasteiger partial charge in [0.15, 0.2) is 0 Å². The predicted molar refractivity (Wildman–Crippen MR) is 94.5 cm³/mol. The molecule has 1 atom stereocenters. The van der Waals surface area contributed by atoms with Crippen molar-refractivity contribution in [3.05, 3.63) is 56.1 Å². The fourth-order valence-corrected chi connectivity index (χ4v) is 4.18. The number of benzene rings is 2. The minimum Gasteiger partial charge on any atom is -0.495 e. The molecule has 5 heteroatoms. The molecule has 0 heterocycles. The van der Waals surface area contributed by atoms with E-state index >= 15 is 0 Å². The normalized spacial score (nSPS) is 12.1. The van der Waals surface area contributed by atoms with Crippen LogP contribution in [-0.4, -0.2) is 14.2 Å². The van der Waals surface area contributed by atoms with Crippen LogP contribution in [0.15, 0.2) is 36.4 Å². The quantitative estimate of drug-likeness (QED) is 0.440. The van der Waals surface area contributed by atoms with Gasteiger partial charge in [-0.2, -0.15) is 0 Å². The van der Waals surface area contributed by atoms with Crippen molar-refractivity contribution in [3.8, 4) is 11.5 Å². The van der Waals surface area contributed by atoms with Crippen molar-refractivity contribution in [1.82, 2.24) is 0 Å². The van der Waals surface area contributed by atoms with Crippen LogP contribution in [0.5, 0.6) is 11.5 Å². The Morgan fingerprint density at radius 3 is 2.35 bits per heavy atom. The molecule has 0 aliphatic heterocycles. The third-order valence-electron chi connectivity index (χ3n) is 2.97. The number of hydrogen-bond acceptors (Lipinski definition) is 2. The van der Waals surface area contributed by atoms with Crippen LogP contribution in [-0.2, 0) is 0 Å². The fourth-order valence-electron chi connectivity index (χ4n) is 1.97. The monoisotopic (exact) mass is 466 g/mol. The van der Waals surface area contributed by atoms with Crippen LogP contribution in [0, 0.1) is 3.57 Å². The Morgan fingerprint density at radius 2 is 1.75 bits per heavy atom. The van der Waals surface area contributed by atoms with Crippen molar-refractivity contribution in [2.24, 2.45) is 0 Å². The third-order valence-corrected chi connectivity index (χ3v) is 5.29. The van der Waals surface area contributed by atoms with Crippen LogP contribution in [0.1, 0.15) is 16.0 Å². The first-order valence-electron chi connectivity index (χ1n) is 5.89. The summed E-state index contributed by atoms with van der Waals surface area (Å²) < 4.78 is 11.9. The summed E-state index contributed by atoms with van der Waals surface area (Å²) in [5, 5.41) is 0.489. The summed E-state index contributed by atoms with van der Waals surface area (Å²) in [5.74, 6) is 1.24. The highest BCUT2D eigenvalue weighted by Crippen LogP contribution is 2.44. The van der Waals surface area contributed by atoms with E-state index in [0.717, 1.165) is 5.56 Å². The van der Waals surface area contributed by atoms with E-state index in [9.17, 15) is 0 Å². The number of hydrogen-bond donors (Lipinski definition) is 0. The molecule has 0 saturated carbocycles. The second kappa shape index (κ2) is 7.00. The van der Waals surface area contributed by atoms with Crippen LogP contribution >= 0.6 is 50.1 Å². The van der Waals surface area contributed by atoms with Crippen LogP contribution in [0.4, 0.5) is 0 Å². The van der Waals surface area contributed by atoms with Gasteiger partial charge in [0.2, 0.25) is 0 Å². The van der Waals surface area contributed by atoms with Crippen molar-refractivity contribution >= 4 is 50.1 Å². The van der Waals surface area contributed by atoms with Gasteiger partial charge in [0.25, 0.3) is 0 Å². The van der Waals surface area contributed by atoms with Crippen LogP contribution < -0.4 is 9.47 Å². The Hall–Kier alpha value is -0.460. The van der Waals surface area contributed by atoms with Crippen molar-refractivity contribution in [3.63, 3.8) is 0 Å². The zero-order valence-electron chi connectivity index (χ0n) is 11.0. The fraction of sp³-hybridized carbons (Fsp3) is 0.200. The predicted octanol–water partition coefficient (Wildman–Crippen LogP) is 5.45. The summed E-state index contributed by atoms with van der Waals surface area (Å²) in [6, 6.07) is 12.0. The van der Waals surface area contributed by atoms with Crippen LogP contribution in [0.25, 0.3) is 0 Å². The first-order valence-corrected chi connectivity index (χ1v) is 8.26. The Balaban J connectivity index is 2.53. The average Bonchev–Trinajstić information content (AvgIpc) is 2.46. The largest absolute Gasteiger partial charge is 0.495 e. The maximum Gasteiger partial charge on any atom is 0.145 e. The van der Waals surface area contributed by atoms with Gasteiger partial charge in [-0.15, -0.1) is 0 Å². The van der Waals surface area contributed by atoms with Gasteiger partial charge in [-0.25, -0.2) is 0 Å². The minimum absolute atomic E-state index is 0.00829. The number of methoxy groups -OCH3 is 2. The zero-order valence-corrected chi connectivity index (χ0v) is 15.5. The van der Waals surface area contributed by atoms with Gasteiger partial charge in [-0.3, -0.25) is 0 Å². The molecular weight excluding hydrogens is 454 g/mol. The summed E-state index contributed by atoms with van der Waals surface area (Å²) in [6.45, 7) is 0. The van der Waals surface area contributed by atoms with Gasteiger partial charge in [0, 0.05) is 9.13 Å². The third kappa shape index (κ3) is 3.07. The lowest BCUT2D eigenvalue weighted by Crippen LogP contribution is -2.00. The molecule has 0 saturated heterocycles. The molecule has 106 valence electrons. The van der Waals surface area contributed by atoms with E-state index in [1.807, 2.05) is 24.3 Å². The van der Waals surface area contributed by atoms with Gasteiger partial charge in [-0.05, 0) is 40.3 Å². The lowest BCUT2D eigenvalue weighted by atomic mass is 10.0. The Labute approximate surface area is 145 Å². The highest BCUT2D eigenvalue weighted by Gasteiger charge is 2.21. The standard InChI is InChI=1S/C15H13BrClIO2/c1-19-12-8-7-10(15(20-2)14(12)17)13(16)9-5-3-4-6-11(9)18/h3-8,13H,1-2H3. The molecule has 2 nitrogen and oxygen atoms in total.